The molecular formula is C21H30N4O2Si. The van der Waals surface area contributed by atoms with E-state index in [0.717, 1.165) is 17.1 Å². The summed E-state index contributed by atoms with van der Waals surface area (Å²) in [7, 11) is -1.34. The Morgan fingerprint density at radius 1 is 1.21 bits per heavy atom. The Bertz CT molecular complexity index is 820. The fourth-order valence-electron chi connectivity index (χ4n) is 3.54. The van der Waals surface area contributed by atoms with E-state index in [1.165, 1.54) is 5.19 Å². The lowest BCUT2D eigenvalue weighted by Gasteiger charge is -2.40. The molecule has 1 unspecified atom stereocenters. The van der Waals surface area contributed by atoms with Crippen LogP contribution in [0.15, 0.2) is 42.6 Å². The monoisotopic (exact) mass is 398 g/mol. The molecule has 2 N–H and O–H groups in total. The SMILES string of the molecule is CC1CN(c2ncccc2CO)CCN1C(=O)Nc1ccc([Si](C)(C)C)cc1. The summed E-state index contributed by atoms with van der Waals surface area (Å²) in [5.74, 6) is 0.804. The predicted molar refractivity (Wildman–Crippen MR) is 117 cm³/mol. The number of nitrogens with one attached hydrogen (secondary N) is 1. The van der Waals surface area contributed by atoms with Crippen molar-refractivity contribution < 1.29 is 9.90 Å². The molecule has 1 aliphatic heterocycles. The third-order valence-corrected chi connectivity index (χ3v) is 7.29. The van der Waals surface area contributed by atoms with Gasteiger partial charge in [0.15, 0.2) is 0 Å². The molecular weight excluding hydrogens is 368 g/mol. The van der Waals surface area contributed by atoms with Crippen molar-refractivity contribution in [1.29, 1.82) is 0 Å². The Labute approximate surface area is 168 Å². The van der Waals surface area contributed by atoms with Gasteiger partial charge in [0.25, 0.3) is 0 Å². The van der Waals surface area contributed by atoms with Crippen LogP contribution in [0.25, 0.3) is 0 Å². The first-order valence-corrected chi connectivity index (χ1v) is 13.3. The fourth-order valence-corrected chi connectivity index (χ4v) is 4.71. The summed E-state index contributed by atoms with van der Waals surface area (Å²) in [4.78, 5) is 21.2. The molecule has 1 aromatic carbocycles. The van der Waals surface area contributed by atoms with Crippen molar-refractivity contribution in [3.8, 4) is 0 Å². The minimum atomic E-state index is -1.34. The summed E-state index contributed by atoms with van der Waals surface area (Å²) < 4.78 is 0. The van der Waals surface area contributed by atoms with Gasteiger partial charge in [0.2, 0.25) is 0 Å². The Kier molecular flexibility index (Phi) is 6.05. The van der Waals surface area contributed by atoms with Gasteiger partial charge >= 0.3 is 6.03 Å². The Morgan fingerprint density at radius 2 is 1.93 bits per heavy atom. The van der Waals surface area contributed by atoms with Gasteiger partial charge in [-0.05, 0) is 25.1 Å². The van der Waals surface area contributed by atoms with Gasteiger partial charge < -0.3 is 20.2 Å². The van der Waals surface area contributed by atoms with Crippen molar-refractivity contribution in [3.05, 3.63) is 48.2 Å². The number of anilines is 2. The van der Waals surface area contributed by atoms with Crippen molar-refractivity contribution in [2.24, 2.45) is 0 Å². The van der Waals surface area contributed by atoms with Crippen LogP contribution in [0.4, 0.5) is 16.3 Å². The minimum Gasteiger partial charge on any atom is -0.392 e. The number of carbonyl (C=O) groups is 1. The number of rotatable bonds is 4. The molecule has 28 heavy (non-hydrogen) atoms. The van der Waals surface area contributed by atoms with Crippen LogP contribution in [-0.2, 0) is 6.61 Å². The number of aliphatic hydroxyl groups is 1. The molecule has 0 aliphatic carbocycles. The minimum absolute atomic E-state index is 0.0360. The van der Waals surface area contributed by atoms with Crippen molar-refractivity contribution >= 4 is 30.8 Å². The first kappa shape index (κ1) is 20.4. The van der Waals surface area contributed by atoms with E-state index in [0.29, 0.717) is 19.6 Å². The topological polar surface area (TPSA) is 68.7 Å². The van der Waals surface area contributed by atoms with Gasteiger partial charge in [-0.25, -0.2) is 9.78 Å². The highest BCUT2D eigenvalue weighted by atomic mass is 28.3. The zero-order valence-electron chi connectivity index (χ0n) is 17.1. The number of benzene rings is 1. The standard InChI is InChI=1S/C21H30N4O2Si/c1-16-14-24(20-17(15-26)6-5-11-22-20)12-13-25(16)21(27)23-18-7-9-19(10-8-18)28(2,3)4/h5-11,16,26H,12-15H2,1-4H3,(H,23,27). The lowest BCUT2D eigenvalue weighted by Crippen LogP contribution is -2.55. The molecule has 1 atom stereocenters. The van der Waals surface area contributed by atoms with E-state index in [9.17, 15) is 9.90 Å². The number of aromatic nitrogens is 1. The predicted octanol–water partition coefficient (Wildman–Crippen LogP) is 2.86. The summed E-state index contributed by atoms with van der Waals surface area (Å²) in [5, 5.41) is 14.0. The number of urea groups is 1. The van der Waals surface area contributed by atoms with Crippen molar-refractivity contribution in [2.75, 3.05) is 29.9 Å². The highest BCUT2D eigenvalue weighted by Crippen LogP contribution is 2.22. The van der Waals surface area contributed by atoms with Gasteiger partial charge in [0.05, 0.1) is 14.7 Å². The number of amides is 2. The molecule has 2 heterocycles. The van der Waals surface area contributed by atoms with E-state index in [-0.39, 0.29) is 18.7 Å². The zero-order valence-corrected chi connectivity index (χ0v) is 18.1. The van der Waals surface area contributed by atoms with E-state index >= 15 is 0 Å². The molecule has 2 aromatic rings. The van der Waals surface area contributed by atoms with Crippen LogP contribution in [0.2, 0.25) is 19.6 Å². The van der Waals surface area contributed by atoms with Crippen LogP contribution in [0, 0.1) is 0 Å². The smallest absolute Gasteiger partial charge is 0.322 e. The van der Waals surface area contributed by atoms with Crippen LogP contribution in [0.3, 0.4) is 0 Å². The van der Waals surface area contributed by atoms with Gasteiger partial charge in [-0.1, -0.05) is 43.0 Å². The lowest BCUT2D eigenvalue weighted by atomic mass is 10.1. The molecule has 1 aromatic heterocycles. The summed E-state index contributed by atoms with van der Waals surface area (Å²) in [6.07, 6.45) is 1.74. The summed E-state index contributed by atoms with van der Waals surface area (Å²) in [5.41, 5.74) is 1.64. The quantitative estimate of drug-likeness (QED) is 0.777. The highest BCUT2D eigenvalue weighted by molar-refractivity contribution is 6.88. The van der Waals surface area contributed by atoms with E-state index in [2.05, 4.69) is 47.0 Å². The number of piperazine rings is 1. The number of pyridine rings is 1. The van der Waals surface area contributed by atoms with Gasteiger partial charge in [-0.3, -0.25) is 0 Å². The second-order valence-electron chi connectivity index (χ2n) is 8.39. The molecule has 1 saturated heterocycles. The lowest BCUT2D eigenvalue weighted by molar-refractivity contribution is 0.184. The summed E-state index contributed by atoms with van der Waals surface area (Å²) in [6, 6.07) is 11.9. The van der Waals surface area contributed by atoms with E-state index < -0.39 is 8.07 Å². The van der Waals surface area contributed by atoms with E-state index in [4.69, 9.17) is 0 Å². The van der Waals surface area contributed by atoms with Crippen LogP contribution in [0.1, 0.15) is 12.5 Å². The van der Waals surface area contributed by atoms with Crippen molar-refractivity contribution in [2.45, 2.75) is 39.2 Å². The van der Waals surface area contributed by atoms with Gasteiger partial charge in [-0.15, -0.1) is 0 Å². The number of hydrogen-bond acceptors (Lipinski definition) is 4. The molecule has 0 saturated carbocycles. The maximum atomic E-state index is 12.8. The average Bonchev–Trinajstić information content (AvgIpc) is 2.67. The summed E-state index contributed by atoms with van der Waals surface area (Å²) >= 11 is 0. The normalized spacial score (nSPS) is 17.5. The first-order valence-electron chi connectivity index (χ1n) is 9.77. The third kappa shape index (κ3) is 4.53. The first-order chi connectivity index (χ1) is 13.3. The van der Waals surface area contributed by atoms with Crippen molar-refractivity contribution in [1.82, 2.24) is 9.88 Å². The molecule has 150 valence electrons. The second kappa shape index (κ2) is 8.32. The Morgan fingerprint density at radius 3 is 2.54 bits per heavy atom. The molecule has 1 fully saturated rings. The molecule has 0 bridgehead atoms. The fraction of sp³-hybridized carbons (Fsp3) is 0.429. The van der Waals surface area contributed by atoms with Gasteiger partial charge in [-0.2, -0.15) is 0 Å². The Balaban J connectivity index is 1.63. The van der Waals surface area contributed by atoms with Gasteiger partial charge in [0.1, 0.15) is 5.82 Å². The molecule has 2 amide bonds. The van der Waals surface area contributed by atoms with Crippen LogP contribution in [-0.4, -0.2) is 54.8 Å². The second-order valence-corrected chi connectivity index (χ2v) is 13.5. The molecule has 0 radical (unpaired) electrons. The third-order valence-electron chi connectivity index (χ3n) is 5.23. The van der Waals surface area contributed by atoms with E-state index in [1.54, 1.807) is 6.20 Å². The van der Waals surface area contributed by atoms with Crippen LogP contribution in [0.5, 0.6) is 0 Å². The molecule has 0 spiro atoms. The largest absolute Gasteiger partial charge is 0.392 e. The molecule has 7 heteroatoms. The molecule has 6 nitrogen and oxygen atoms in total. The number of carbonyl (C=O) groups excluding carboxylic acids is 1. The number of hydrogen-bond donors (Lipinski definition) is 2. The zero-order chi connectivity index (χ0) is 20.3. The Hall–Kier alpha value is -2.38. The van der Waals surface area contributed by atoms with E-state index in [1.807, 2.05) is 36.1 Å². The average molecular weight is 399 g/mol. The van der Waals surface area contributed by atoms with Gasteiger partial charge in [0, 0.05) is 43.1 Å². The maximum Gasteiger partial charge on any atom is 0.322 e. The number of aliphatic hydroxyl groups excluding tert-OH is 1. The van der Waals surface area contributed by atoms with Crippen LogP contribution < -0.4 is 15.4 Å². The van der Waals surface area contributed by atoms with Crippen molar-refractivity contribution in [3.63, 3.8) is 0 Å². The molecule has 3 rings (SSSR count). The maximum absolute atomic E-state index is 12.8. The van der Waals surface area contributed by atoms with Crippen LogP contribution >= 0.6 is 0 Å². The highest BCUT2D eigenvalue weighted by Gasteiger charge is 2.29. The summed E-state index contributed by atoms with van der Waals surface area (Å²) in [6.45, 7) is 10.9. The molecule has 1 aliphatic rings. The number of nitrogens with zero attached hydrogens (tertiary/aromatic N) is 3.